The second-order valence-electron chi connectivity index (χ2n) is 6.39. The summed E-state index contributed by atoms with van der Waals surface area (Å²) in [6, 6.07) is 11.9. The lowest BCUT2D eigenvalue weighted by Crippen LogP contribution is -2.31. The SMILES string of the molecule is CCc1cc(=O)[nH]c(-c2ccc(N3CCc4cccc(Br)c4C3)nc2)n1. The molecule has 1 aliphatic heterocycles. The van der Waals surface area contributed by atoms with Crippen LogP contribution < -0.4 is 10.5 Å². The van der Waals surface area contributed by atoms with Crippen LogP contribution in [-0.2, 0) is 19.4 Å². The molecule has 1 aliphatic rings. The average Bonchev–Trinajstić information content (AvgIpc) is 2.68. The van der Waals surface area contributed by atoms with Crippen molar-refractivity contribution in [2.45, 2.75) is 26.3 Å². The molecule has 3 heterocycles. The van der Waals surface area contributed by atoms with Gasteiger partial charge >= 0.3 is 0 Å². The highest BCUT2D eigenvalue weighted by Crippen LogP contribution is 2.29. The second kappa shape index (κ2) is 7.03. The summed E-state index contributed by atoms with van der Waals surface area (Å²) < 4.78 is 1.15. The molecular formula is C20H19BrN4O. The van der Waals surface area contributed by atoms with E-state index in [2.05, 4.69) is 54.0 Å². The number of nitrogens with one attached hydrogen (secondary N) is 1. The molecule has 4 rings (SSSR count). The minimum Gasteiger partial charge on any atom is -0.352 e. The molecule has 0 aliphatic carbocycles. The van der Waals surface area contributed by atoms with E-state index in [0.717, 1.165) is 47.5 Å². The summed E-state index contributed by atoms with van der Waals surface area (Å²) in [5, 5.41) is 0. The number of aryl methyl sites for hydroxylation is 1. The summed E-state index contributed by atoms with van der Waals surface area (Å²) in [4.78, 5) is 25.9. The van der Waals surface area contributed by atoms with Crippen LogP contribution in [0.4, 0.5) is 5.82 Å². The Kier molecular flexibility index (Phi) is 4.59. The maximum atomic E-state index is 11.8. The second-order valence-corrected chi connectivity index (χ2v) is 7.25. The van der Waals surface area contributed by atoms with Crippen LogP contribution in [0.15, 0.2) is 51.9 Å². The molecule has 2 aromatic heterocycles. The quantitative estimate of drug-likeness (QED) is 0.714. The standard InChI is InChI=1S/C20H19BrN4O/c1-2-15-10-19(26)24-20(23-15)14-6-7-18(22-11-14)25-9-8-13-4-3-5-17(21)16(13)12-25/h3-7,10-11H,2,8-9,12H2,1H3,(H,23,24,26). The first-order valence-electron chi connectivity index (χ1n) is 8.72. The van der Waals surface area contributed by atoms with Gasteiger partial charge in [-0.2, -0.15) is 0 Å². The summed E-state index contributed by atoms with van der Waals surface area (Å²) in [5.41, 5.74) is 4.19. The fraction of sp³-hybridized carbons (Fsp3) is 0.250. The summed E-state index contributed by atoms with van der Waals surface area (Å²) in [6.07, 6.45) is 3.51. The highest BCUT2D eigenvalue weighted by atomic mass is 79.9. The van der Waals surface area contributed by atoms with Crippen molar-refractivity contribution in [2.24, 2.45) is 0 Å². The molecule has 0 radical (unpaired) electrons. The Labute approximate surface area is 160 Å². The van der Waals surface area contributed by atoms with Crippen molar-refractivity contribution in [3.05, 3.63) is 74.2 Å². The number of halogens is 1. The van der Waals surface area contributed by atoms with Crippen LogP contribution in [0.2, 0.25) is 0 Å². The maximum Gasteiger partial charge on any atom is 0.251 e. The lowest BCUT2D eigenvalue weighted by atomic mass is 10.00. The first-order valence-corrected chi connectivity index (χ1v) is 9.51. The fourth-order valence-corrected chi connectivity index (χ4v) is 3.81. The topological polar surface area (TPSA) is 61.9 Å². The van der Waals surface area contributed by atoms with Gasteiger partial charge in [0, 0.05) is 41.1 Å². The molecule has 0 unspecified atom stereocenters. The number of H-pyrrole nitrogens is 1. The third kappa shape index (κ3) is 3.29. The van der Waals surface area contributed by atoms with E-state index in [1.54, 1.807) is 6.20 Å². The van der Waals surface area contributed by atoms with E-state index in [-0.39, 0.29) is 5.56 Å². The molecular weight excluding hydrogens is 392 g/mol. The van der Waals surface area contributed by atoms with Crippen molar-refractivity contribution >= 4 is 21.7 Å². The van der Waals surface area contributed by atoms with E-state index in [1.165, 1.54) is 17.2 Å². The molecule has 26 heavy (non-hydrogen) atoms. The van der Waals surface area contributed by atoms with Gasteiger partial charge in [0.2, 0.25) is 0 Å². The monoisotopic (exact) mass is 410 g/mol. The van der Waals surface area contributed by atoms with Crippen molar-refractivity contribution in [2.75, 3.05) is 11.4 Å². The Morgan fingerprint density at radius 2 is 2.15 bits per heavy atom. The van der Waals surface area contributed by atoms with Gasteiger partial charge in [0.1, 0.15) is 11.6 Å². The Hall–Kier alpha value is -2.47. The van der Waals surface area contributed by atoms with Crippen LogP contribution in [0, 0.1) is 0 Å². The van der Waals surface area contributed by atoms with E-state index in [4.69, 9.17) is 0 Å². The summed E-state index contributed by atoms with van der Waals surface area (Å²) in [5.74, 6) is 1.50. The smallest absolute Gasteiger partial charge is 0.251 e. The lowest BCUT2D eigenvalue weighted by Gasteiger charge is -2.30. The van der Waals surface area contributed by atoms with Gasteiger partial charge in [0.05, 0.1) is 0 Å². The minimum atomic E-state index is -0.131. The van der Waals surface area contributed by atoms with Gasteiger partial charge in [-0.25, -0.2) is 9.97 Å². The van der Waals surface area contributed by atoms with Crippen LogP contribution in [0.25, 0.3) is 11.4 Å². The van der Waals surface area contributed by atoms with Crippen molar-refractivity contribution < 1.29 is 0 Å². The summed E-state index contributed by atoms with van der Waals surface area (Å²) >= 11 is 3.66. The molecule has 0 atom stereocenters. The molecule has 0 fully saturated rings. The molecule has 1 aromatic carbocycles. The molecule has 1 N–H and O–H groups in total. The van der Waals surface area contributed by atoms with E-state index in [0.29, 0.717) is 5.82 Å². The van der Waals surface area contributed by atoms with Crippen molar-refractivity contribution in [1.29, 1.82) is 0 Å². The Balaban J connectivity index is 1.60. The van der Waals surface area contributed by atoms with Crippen LogP contribution in [0.1, 0.15) is 23.7 Å². The molecule has 0 spiro atoms. The molecule has 6 heteroatoms. The van der Waals surface area contributed by atoms with Gasteiger partial charge in [-0.05, 0) is 42.2 Å². The van der Waals surface area contributed by atoms with E-state index in [9.17, 15) is 4.79 Å². The van der Waals surface area contributed by atoms with E-state index < -0.39 is 0 Å². The average molecular weight is 411 g/mol. The Bertz CT molecular complexity index is 997. The number of pyridine rings is 1. The van der Waals surface area contributed by atoms with Gasteiger partial charge in [-0.15, -0.1) is 0 Å². The highest BCUT2D eigenvalue weighted by molar-refractivity contribution is 9.10. The predicted octanol–water partition coefficient (Wildman–Crippen LogP) is 3.72. The van der Waals surface area contributed by atoms with E-state index >= 15 is 0 Å². The predicted molar refractivity (Wildman–Crippen MR) is 106 cm³/mol. The number of benzene rings is 1. The zero-order chi connectivity index (χ0) is 18.1. The van der Waals surface area contributed by atoms with Crippen molar-refractivity contribution in [3.63, 3.8) is 0 Å². The number of aromatic amines is 1. The van der Waals surface area contributed by atoms with Gasteiger partial charge in [-0.1, -0.05) is 35.0 Å². The minimum absolute atomic E-state index is 0.131. The first kappa shape index (κ1) is 17.0. The molecule has 3 aromatic rings. The third-order valence-corrected chi connectivity index (χ3v) is 5.46. The van der Waals surface area contributed by atoms with Crippen LogP contribution in [-0.4, -0.2) is 21.5 Å². The number of fused-ring (bicyclic) bond motifs is 1. The number of hydrogen-bond donors (Lipinski definition) is 1. The summed E-state index contributed by atoms with van der Waals surface area (Å²) in [6.45, 7) is 3.76. The maximum absolute atomic E-state index is 11.8. The van der Waals surface area contributed by atoms with Crippen LogP contribution in [0.5, 0.6) is 0 Å². The molecule has 0 saturated carbocycles. The zero-order valence-electron chi connectivity index (χ0n) is 14.5. The number of anilines is 1. The molecule has 5 nitrogen and oxygen atoms in total. The van der Waals surface area contributed by atoms with Gasteiger partial charge < -0.3 is 9.88 Å². The lowest BCUT2D eigenvalue weighted by molar-refractivity contribution is 0.718. The fourth-order valence-electron chi connectivity index (χ4n) is 3.27. The highest BCUT2D eigenvalue weighted by Gasteiger charge is 2.19. The summed E-state index contributed by atoms with van der Waals surface area (Å²) in [7, 11) is 0. The zero-order valence-corrected chi connectivity index (χ0v) is 16.1. The normalized spacial score (nSPS) is 13.5. The number of rotatable bonds is 3. The van der Waals surface area contributed by atoms with Gasteiger partial charge in [0.15, 0.2) is 0 Å². The third-order valence-electron chi connectivity index (χ3n) is 4.72. The molecule has 0 bridgehead atoms. The largest absolute Gasteiger partial charge is 0.352 e. The molecule has 132 valence electrons. The molecule has 0 saturated heterocycles. The van der Waals surface area contributed by atoms with Crippen molar-refractivity contribution in [1.82, 2.24) is 15.0 Å². The Morgan fingerprint density at radius 3 is 2.92 bits per heavy atom. The number of aromatic nitrogens is 3. The van der Waals surface area contributed by atoms with Crippen molar-refractivity contribution in [3.8, 4) is 11.4 Å². The Morgan fingerprint density at radius 1 is 1.27 bits per heavy atom. The van der Waals surface area contributed by atoms with Crippen LogP contribution in [0.3, 0.4) is 0 Å². The van der Waals surface area contributed by atoms with Gasteiger partial charge in [-0.3, -0.25) is 4.79 Å². The van der Waals surface area contributed by atoms with Crippen LogP contribution >= 0.6 is 15.9 Å². The van der Waals surface area contributed by atoms with E-state index in [1.807, 2.05) is 19.1 Å². The molecule has 0 amide bonds. The number of hydrogen-bond acceptors (Lipinski definition) is 4. The number of nitrogens with zero attached hydrogens (tertiary/aromatic N) is 3. The van der Waals surface area contributed by atoms with Gasteiger partial charge in [0.25, 0.3) is 5.56 Å². The first-order chi connectivity index (χ1) is 12.6.